The van der Waals surface area contributed by atoms with E-state index in [1.54, 1.807) is 4.90 Å². The summed E-state index contributed by atoms with van der Waals surface area (Å²) >= 11 is 0. The molecule has 5 nitrogen and oxygen atoms in total. The topological polar surface area (TPSA) is 52.7 Å². The molecule has 1 aromatic carbocycles. The van der Waals surface area contributed by atoms with E-state index in [0.717, 1.165) is 24.9 Å². The van der Waals surface area contributed by atoms with E-state index in [-0.39, 0.29) is 17.9 Å². The Morgan fingerprint density at radius 1 is 1.20 bits per heavy atom. The first kappa shape index (κ1) is 19.4. The van der Waals surface area contributed by atoms with E-state index in [1.807, 2.05) is 53.1 Å². The maximum Gasteiger partial charge on any atom is 0.243 e. The van der Waals surface area contributed by atoms with Gasteiger partial charge in [-0.05, 0) is 38.1 Å². The van der Waals surface area contributed by atoms with E-state index in [0.29, 0.717) is 13.1 Å². The highest BCUT2D eigenvalue weighted by Gasteiger charge is 2.38. The van der Waals surface area contributed by atoms with Gasteiger partial charge in [0.1, 0.15) is 6.04 Å². The fourth-order valence-electron chi connectivity index (χ4n) is 3.24. The van der Waals surface area contributed by atoms with Gasteiger partial charge in [0, 0.05) is 25.0 Å². The SMILES string of the molecule is CN(C)Cc1ccccc1CNC(=O)C1CCCN1C(=O)C(C)(C)C. The zero-order valence-electron chi connectivity index (χ0n) is 16.1. The summed E-state index contributed by atoms with van der Waals surface area (Å²) in [5.74, 6) is 0.00733. The van der Waals surface area contributed by atoms with Gasteiger partial charge in [-0.3, -0.25) is 9.59 Å². The van der Waals surface area contributed by atoms with E-state index < -0.39 is 5.41 Å². The quantitative estimate of drug-likeness (QED) is 0.891. The Balaban J connectivity index is 2.02. The molecule has 1 unspecified atom stereocenters. The number of hydrogen-bond acceptors (Lipinski definition) is 3. The molecule has 1 aromatic rings. The molecule has 1 atom stereocenters. The molecule has 0 saturated carbocycles. The average Bonchev–Trinajstić information content (AvgIpc) is 3.01. The van der Waals surface area contributed by atoms with Crippen LogP contribution in [0.1, 0.15) is 44.7 Å². The van der Waals surface area contributed by atoms with Gasteiger partial charge >= 0.3 is 0 Å². The number of carbonyl (C=O) groups is 2. The second-order valence-electron chi connectivity index (χ2n) is 8.13. The summed E-state index contributed by atoms with van der Waals surface area (Å²) in [6.07, 6.45) is 1.63. The molecule has 2 rings (SSSR count). The van der Waals surface area contributed by atoms with Crippen molar-refractivity contribution in [2.75, 3.05) is 20.6 Å². The lowest BCUT2D eigenvalue weighted by molar-refractivity contribution is -0.144. The first-order chi connectivity index (χ1) is 11.7. The van der Waals surface area contributed by atoms with Gasteiger partial charge in [0.25, 0.3) is 0 Å². The summed E-state index contributed by atoms with van der Waals surface area (Å²) in [5.41, 5.74) is 1.87. The Bertz CT molecular complexity index is 620. The second-order valence-corrected chi connectivity index (χ2v) is 8.13. The predicted molar refractivity (Wildman–Crippen MR) is 99.9 cm³/mol. The number of benzene rings is 1. The molecule has 0 spiro atoms. The molecule has 1 aliphatic heterocycles. The highest BCUT2D eigenvalue weighted by Crippen LogP contribution is 2.25. The molecule has 5 heteroatoms. The van der Waals surface area contributed by atoms with Crippen molar-refractivity contribution < 1.29 is 9.59 Å². The highest BCUT2D eigenvalue weighted by atomic mass is 16.2. The van der Waals surface area contributed by atoms with Gasteiger partial charge in [-0.25, -0.2) is 0 Å². The van der Waals surface area contributed by atoms with Crippen LogP contribution in [0, 0.1) is 5.41 Å². The fraction of sp³-hybridized carbons (Fsp3) is 0.600. The van der Waals surface area contributed by atoms with Gasteiger partial charge < -0.3 is 15.1 Å². The number of carbonyl (C=O) groups excluding carboxylic acids is 2. The third-order valence-electron chi connectivity index (χ3n) is 4.52. The molecule has 0 aliphatic carbocycles. The van der Waals surface area contributed by atoms with Gasteiger partial charge in [-0.2, -0.15) is 0 Å². The van der Waals surface area contributed by atoms with Crippen molar-refractivity contribution in [1.82, 2.24) is 15.1 Å². The maximum absolute atomic E-state index is 12.7. The van der Waals surface area contributed by atoms with Crippen LogP contribution in [0.5, 0.6) is 0 Å². The zero-order valence-corrected chi connectivity index (χ0v) is 16.1. The number of likely N-dealkylation sites (tertiary alicyclic amines) is 1. The molecule has 25 heavy (non-hydrogen) atoms. The molecule has 0 radical (unpaired) electrons. The number of hydrogen-bond donors (Lipinski definition) is 1. The standard InChI is InChI=1S/C20H31N3O2/c1-20(2,3)19(25)23-12-8-11-17(23)18(24)21-13-15-9-6-7-10-16(15)14-22(4)5/h6-7,9-10,17H,8,11-14H2,1-5H3,(H,21,24). The minimum absolute atomic E-state index is 0.0465. The van der Waals surface area contributed by atoms with Crippen LogP contribution in [-0.2, 0) is 22.7 Å². The zero-order chi connectivity index (χ0) is 18.6. The van der Waals surface area contributed by atoms with Crippen molar-refractivity contribution in [2.45, 2.75) is 52.7 Å². The molecule has 1 fully saturated rings. The number of nitrogens with zero attached hydrogens (tertiary/aromatic N) is 2. The van der Waals surface area contributed by atoms with E-state index >= 15 is 0 Å². The Kier molecular flexibility index (Phi) is 6.22. The van der Waals surface area contributed by atoms with Crippen molar-refractivity contribution in [3.05, 3.63) is 35.4 Å². The Hall–Kier alpha value is -1.88. The summed E-state index contributed by atoms with van der Waals surface area (Å²) in [7, 11) is 4.06. The van der Waals surface area contributed by atoms with Crippen LogP contribution in [0.2, 0.25) is 0 Å². The number of rotatable bonds is 5. The molecule has 1 N–H and O–H groups in total. The van der Waals surface area contributed by atoms with E-state index in [2.05, 4.69) is 16.3 Å². The average molecular weight is 345 g/mol. The Labute approximate surface area is 151 Å². The molecule has 0 bridgehead atoms. The molecular weight excluding hydrogens is 314 g/mol. The third-order valence-corrected chi connectivity index (χ3v) is 4.52. The smallest absolute Gasteiger partial charge is 0.243 e. The summed E-state index contributed by atoms with van der Waals surface area (Å²) in [5, 5.41) is 3.04. The summed E-state index contributed by atoms with van der Waals surface area (Å²) < 4.78 is 0. The lowest BCUT2D eigenvalue weighted by atomic mass is 9.94. The minimum atomic E-state index is -0.457. The molecule has 1 saturated heterocycles. The van der Waals surface area contributed by atoms with Crippen molar-refractivity contribution >= 4 is 11.8 Å². The van der Waals surface area contributed by atoms with Gasteiger partial charge in [0.15, 0.2) is 0 Å². The highest BCUT2D eigenvalue weighted by molar-refractivity contribution is 5.90. The molecular formula is C20H31N3O2. The summed E-state index contributed by atoms with van der Waals surface area (Å²) in [4.78, 5) is 29.1. The van der Waals surface area contributed by atoms with E-state index in [1.165, 1.54) is 5.56 Å². The molecule has 1 aliphatic rings. The maximum atomic E-state index is 12.7. The van der Waals surface area contributed by atoms with Gasteiger partial charge in [0.2, 0.25) is 11.8 Å². The molecule has 1 heterocycles. The number of nitrogens with one attached hydrogen (secondary N) is 1. The van der Waals surface area contributed by atoms with Crippen LogP contribution in [0.4, 0.5) is 0 Å². The van der Waals surface area contributed by atoms with Crippen LogP contribution in [0.15, 0.2) is 24.3 Å². The van der Waals surface area contributed by atoms with Crippen molar-refractivity contribution in [3.8, 4) is 0 Å². The van der Waals surface area contributed by atoms with Crippen LogP contribution in [0.25, 0.3) is 0 Å². The lowest BCUT2D eigenvalue weighted by Crippen LogP contribution is -2.49. The van der Waals surface area contributed by atoms with Crippen molar-refractivity contribution in [1.29, 1.82) is 0 Å². The van der Waals surface area contributed by atoms with Crippen LogP contribution in [-0.4, -0.2) is 48.3 Å². The minimum Gasteiger partial charge on any atom is -0.350 e. The summed E-state index contributed by atoms with van der Waals surface area (Å²) in [6, 6.07) is 7.81. The summed E-state index contributed by atoms with van der Waals surface area (Å²) in [6.45, 7) is 7.72. The van der Waals surface area contributed by atoms with Crippen LogP contribution >= 0.6 is 0 Å². The van der Waals surface area contributed by atoms with Crippen molar-refractivity contribution in [2.24, 2.45) is 5.41 Å². The largest absolute Gasteiger partial charge is 0.350 e. The fourth-order valence-corrected chi connectivity index (χ4v) is 3.24. The first-order valence-electron chi connectivity index (χ1n) is 9.00. The molecule has 0 aromatic heterocycles. The predicted octanol–water partition coefficient (Wildman–Crippen LogP) is 2.40. The van der Waals surface area contributed by atoms with Crippen LogP contribution < -0.4 is 5.32 Å². The van der Waals surface area contributed by atoms with Crippen molar-refractivity contribution in [3.63, 3.8) is 0 Å². The molecule has 2 amide bonds. The van der Waals surface area contributed by atoms with Gasteiger partial charge in [0.05, 0.1) is 0 Å². The first-order valence-corrected chi connectivity index (χ1v) is 9.00. The Morgan fingerprint density at radius 2 is 1.84 bits per heavy atom. The third kappa shape index (κ3) is 5.05. The number of amides is 2. The van der Waals surface area contributed by atoms with E-state index in [4.69, 9.17) is 0 Å². The van der Waals surface area contributed by atoms with Gasteiger partial charge in [-0.1, -0.05) is 45.0 Å². The monoisotopic (exact) mass is 345 g/mol. The Morgan fingerprint density at radius 3 is 2.44 bits per heavy atom. The van der Waals surface area contributed by atoms with Gasteiger partial charge in [-0.15, -0.1) is 0 Å². The van der Waals surface area contributed by atoms with Crippen LogP contribution in [0.3, 0.4) is 0 Å². The normalized spacial score (nSPS) is 17.8. The van der Waals surface area contributed by atoms with E-state index in [9.17, 15) is 9.59 Å². The second kappa shape index (κ2) is 8.00. The molecule has 138 valence electrons. The lowest BCUT2D eigenvalue weighted by Gasteiger charge is -2.30.